The number of nitrogens with zero attached hydrogens (tertiary/aromatic N) is 1. The molecular weight excluding hydrogens is 276 g/mol. The van der Waals surface area contributed by atoms with Gasteiger partial charge in [-0.05, 0) is 48.6 Å². The number of benzene rings is 1. The summed E-state index contributed by atoms with van der Waals surface area (Å²) in [5.74, 6) is 2.40. The Balaban J connectivity index is 2.23. The van der Waals surface area contributed by atoms with Gasteiger partial charge in [-0.25, -0.2) is 0 Å². The van der Waals surface area contributed by atoms with Crippen molar-refractivity contribution in [1.29, 1.82) is 0 Å². The van der Waals surface area contributed by atoms with E-state index in [2.05, 4.69) is 29.8 Å². The van der Waals surface area contributed by atoms with Gasteiger partial charge < -0.3 is 10.3 Å². The molecule has 0 aliphatic carbocycles. The van der Waals surface area contributed by atoms with Crippen LogP contribution in [0.5, 0.6) is 0 Å². The number of hydrogen-bond acceptors (Lipinski definition) is 2. The van der Waals surface area contributed by atoms with Crippen LogP contribution in [0.1, 0.15) is 18.9 Å². The van der Waals surface area contributed by atoms with Crippen LogP contribution in [0, 0.1) is 0 Å². The molecule has 104 valence electrons. The fourth-order valence-electron chi connectivity index (χ4n) is 2.36. The van der Waals surface area contributed by atoms with Crippen molar-refractivity contribution in [3.63, 3.8) is 0 Å². The largest absolute Gasteiger partial charge is 0.347 e. The molecule has 0 saturated heterocycles. The summed E-state index contributed by atoms with van der Waals surface area (Å²) in [5.41, 5.74) is 8.26. The Kier molecular flexibility index (Phi) is 5.61. The zero-order chi connectivity index (χ0) is 13.7. The van der Waals surface area contributed by atoms with Gasteiger partial charge in [0.25, 0.3) is 0 Å². The van der Waals surface area contributed by atoms with Gasteiger partial charge in [-0.3, -0.25) is 0 Å². The number of fused-ring (bicyclic) bond motifs is 1. The highest BCUT2D eigenvalue weighted by Crippen LogP contribution is 2.25. The molecular formula is C15H21ClN2S. The van der Waals surface area contributed by atoms with Crippen LogP contribution in [0.25, 0.3) is 10.9 Å². The van der Waals surface area contributed by atoms with Gasteiger partial charge in [0.1, 0.15) is 0 Å². The summed E-state index contributed by atoms with van der Waals surface area (Å²) in [7, 11) is 0. The predicted molar refractivity (Wildman–Crippen MR) is 87.3 cm³/mol. The summed E-state index contributed by atoms with van der Waals surface area (Å²) < 4.78 is 2.32. The number of aromatic nitrogens is 1. The van der Waals surface area contributed by atoms with Gasteiger partial charge in [0.2, 0.25) is 0 Å². The van der Waals surface area contributed by atoms with Gasteiger partial charge in [-0.2, -0.15) is 11.8 Å². The second-order valence-electron chi connectivity index (χ2n) is 4.60. The van der Waals surface area contributed by atoms with Gasteiger partial charge in [0.05, 0.1) is 0 Å². The van der Waals surface area contributed by atoms with E-state index < -0.39 is 0 Å². The first-order valence-corrected chi connectivity index (χ1v) is 8.34. The second kappa shape index (κ2) is 7.22. The number of rotatable bonds is 7. The van der Waals surface area contributed by atoms with E-state index in [0.29, 0.717) is 6.54 Å². The average Bonchev–Trinajstić information content (AvgIpc) is 2.73. The smallest absolute Gasteiger partial charge is 0.0498 e. The minimum Gasteiger partial charge on any atom is -0.347 e. The third-order valence-corrected chi connectivity index (χ3v) is 4.45. The molecule has 1 aromatic carbocycles. The molecule has 0 aliphatic heterocycles. The molecule has 0 spiro atoms. The molecule has 2 nitrogen and oxygen atoms in total. The highest BCUT2D eigenvalue weighted by molar-refractivity contribution is 7.99. The first-order chi connectivity index (χ1) is 9.26. The normalized spacial score (nSPS) is 11.3. The standard InChI is InChI=1S/C15H21ClN2S/c1-2-19-9-3-8-18-11-12(6-7-17)14-5-4-13(16)10-15(14)18/h4-5,10-11H,2-3,6-9,17H2,1H3. The first kappa shape index (κ1) is 14.8. The zero-order valence-corrected chi connectivity index (χ0v) is 12.9. The highest BCUT2D eigenvalue weighted by Gasteiger charge is 2.08. The van der Waals surface area contributed by atoms with Crippen LogP contribution in [0.3, 0.4) is 0 Å². The van der Waals surface area contributed by atoms with Crippen LogP contribution in [-0.4, -0.2) is 22.6 Å². The molecule has 0 saturated carbocycles. The lowest BCUT2D eigenvalue weighted by atomic mass is 10.1. The molecule has 0 fully saturated rings. The van der Waals surface area contributed by atoms with Gasteiger partial charge in [-0.1, -0.05) is 24.6 Å². The Morgan fingerprint density at radius 2 is 2.21 bits per heavy atom. The first-order valence-electron chi connectivity index (χ1n) is 6.81. The molecule has 19 heavy (non-hydrogen) atoms. The SMILES string of the molecule is CCSCCCn1cc(CCN)c2ccc(Cl)cc21. The fourth-order valence-corrected chi connectivity index (χ4v) is 3.15. The van der Waals surface area contributed by atoms with E-state index >= 15 is 0 Å². The number of thioether (sulfide) groups is 1. The zero-order valence-electron chi connectivity index (χ0n) is 11.4. The number of aryl methyl sites for hydroxylation is 1. The third kappa shape index (κ3) is 3.68. The maximum Gasteiger partial charge on any atom is 0.0498 e. The highest BCUT2D eigenvalue weighted by atomic mass is 35.5. The van der Waals surface area contributed by atoms with Crippen LogP contribution < -0.4 is 5.73 Å². The van der Waals surface area contributed by atoms with E-state index in [1.54, 1.807) is 0 Å². The Hall–Kier alpha value is -0.640. The third-order valence-electron chi connectivity index (χ3n) is 3.23. The van der Waals surface area contributed by atoms with Crippen LogP contribution in [0.15, 0.2) is 24.4 Å². The van der Waals surface area contributed by atoms with Crippen molar-refractivity contribution < 1.29 is 0 Å². The van der Waals surface area contributed by atoms with Gasteiger partial charge in [0.15, 0.2) is 0 Å². The summed E-state index contributed by atoms with van der Waals surface area (Å²) in [6.07, 6.45) is 4.36. The Labute approximate surface area is 124 Å². The van der Waals surface area contributed by atoms with E-state index in [4.69, 9.17) is 17.3 Å². The molecule has 2 rings (SSSR count). The summed E-state index contributed by atoms with van der Waals surface area (Å²) in [6, 6.07) is 6.13. The topological polar surface area (TPSA) is 30.9 Å². The lowest BCUT2D eigenvalue weighted by molar-refractivity contribution is 0.706. The maximum absolute atomic E-state index is 6.12. The van der Waals surface area contributed by atoms with E-state index in [-0.39, 0.29) is 0 Å². The van der Waals surface area contributed by atoms with Crippen molar-refractivity contribution in [1.82, 2.24) is 4.57 Å². The Bertz CT molecular complexity index is 536. The van der Waals surface area contributed by atoms with E-state index in [0.717, 1.165) is 18.0 Å². The monoisotopic (exact) mass is 296 g/mol. The second-order valence-corrected chi connectivity index (χ2v) is 6.43. The maximum atomic E-state index is 6.12. The average molecular weight is 297 g/mol. The molecule has 2 N–H and O–H groups in total. The van der Waals surface area contributed by atoms with Crippen LogP contribution in [-0.2, 0) is 13.0 Å². The number of hydrogen-bond donors (Lipinski definition) is 1. The minimum absolute atomic E-state index is 0.688. The molecule has 0 amide bonds. The minimum atomic E-state index is 0.688. The van der Waals surface area contributed by atoms with Crippen molar-refractivity contribution in [2.24, 2.45) is 5.73 Å². The molecule has 0 radical (unpaired) electrons. The fraction of sp³-hybridized carbons (Fsp3) is 0.467. The van der Waals surface area contributed by atoms with Crippen molar-refractivity contribution in [3.05, 3.63) is 35.0 Å². The molecule has 1 heterocycles. The molecule has 2 aromatic rings. The lowest BCUT2D eigenvalue weighted by Crippen LogP contribution is -2.02. The van der Waals surface area contributed by atoms with Crippen molar-refractivity contribution in [2.45, 2.75) is 26.3 Å². The van der Waals surface area contributed by atoms with Crippen LogP contribution in [0.2, 0.25) is 5.02 Å². The Morgan fingerprint density at radius 1 is 1.37 bits per heavy atom. The summed E-state index contributed by atoms with van der Waals surface area (Å²) in [4.78, 5) is 0. The molecule has 0 atom stereocenters. The van der Waals surface area contributed by atoms with Gasteiger partial charge in [0, 0.05) is 28.7 Å². The Morgan fingerprint density at radius 3 is 2.95 bits per heavy atom. The molecule has 0 unspecified atom stereocenters. The van der Waals surface area contributed by atoms with E-state index in [9.17, 15) is 0 Å². The van der Waals surface area contributed by atoms with Crippen molar-refractivity contribution in [3.8, 4) is 0 Å². The predicted octanol–water partition coefficient (Wildman–Crippen LogP) is 3.94. The molecule has 0 aliphatic rings. The molecule has 4 heteroatoms. The van der Waals surface area contributed by atoms with Crippen LogP contribution in [0.4, 0.5) is 0 Å². The van der Waals surface area contributed by atoms with Crippen molar-refractivity contribution in [2.75, 3.05) is 18.1 Å². The summed E-state index contributed by atoms with van der Waals surface area (Å²) in [5, 5.41) is 2.09. The number of nitrogens with two attached hydrogens (primary N) is 1. The van der Waals surface area contributed by atoms with E-state index in [1.807, 2.05) is 17.8 Å². The summed E-state index contributed by atoms with van der Waals surface area (Å²) in [6.45, 7) is 3.94. The number of halogens is 1. The van der Waals surface area contributed by atoms with Crippen molar-refractivity contribution >= 4 is 34.3 Å². The molecule has 1 aromatic heterocycles. The van der Waals surface area contributed by atoms with Gasteiger partial charge in [-0.15, -0.1) is 0 Å². The van der Waals surface area contributed by atoms with Crippen LogP contribution >= 0.6 is 23.4 Å². The quantitative estimate of drug-likeness (QED) is 0.785. The lowest BCUT2D eigenvalue weighted by Gasteiger charge is -2.05. The summed E-state index contributed by atoms with van der Waals surface area (Å²) >= 11 is 8.11. The van der Waals surface area contributed by atoms with Gasteiger partial charge >= 0.3 is 0 Å². The molecule has 0 bridgehead atoms. The van der Waals surface area contributed by atoms with E-state index in [1.165, 1.54) is 34.4 Å².